The first-order chi connectivity index (χ1) is 11.7. The first-order valence-electron chi connectivity index (χ1n) is 8.77. The molecular formula is C18H28ClN3O2. The van der Waals surface area contributed by atoms with Crippen molar-refractivity contribution in [2.24, 2.45) is 0 Å². The average Bonchev–Trinajstić information content (AvgIpc) is 2.58. The molecule has 24 heavy (non-hydrogen) atoms. The number of halogens is 1. The van der Waals surface area contributed by atoms with Gasteiger partial charge in [0.1, 0.15) is 12.4 Å². The van der Waals surface area contributed by atoms with Crippen LogP contribution in [0.25, 0.3) is 0 Å². The van der Waals surface area contributed by atoms with Crippen LogP contribution in [-0.2, 0) is 4.79 Å². The number of benzene rings is 1. The van der Waals surface area contributed by atoms with Gasteiger partial charge in [0.25, 0.3) is 0 Å². The fourth-order valence-electron chi connectivity index (χ4n) is 2.66. The maximum Gasteiger partial charge on any atom is 0.234 e. The lowest BCUT2D eigenvalue weighted by atomic mass is 10.3. The van der Waals surface area contributed by atoms with E-state index in [2.05, 4.69) is 22.0 Å². The van der Waals surface area contributed by atoms with Crippen LogP contribution < -0.4 is 10.1 Å². The van der Waals surface area contributed by atoms with E-state index in [1.54, 1.807) is 0 Å². The van der Waals surface area contributed by atoms with Crippen molar-refractivity contribution in [3.8, 4) is 5.75 Å². The molecule has 0 aromatic heterocycles. The highest BCUT2D eigenvalue weighted by molar-refractivity contribution is 6.30. The summed E-state index contributed by atoms with van der Waals surface area (Å²) in [6, 6.07) is 7.44. The average molecular weight is 354 g/mol. The Hall–Kier alpha value is -1.30. The molecule has 1 fully saturated rings. The van der Waals surface area contributed by atoms with Gasteiger partial charge < -0.3 is 10.1 Å². The van der Waals surface area contributed by atoms with Crippen LogP contribution in [0, 0.1) is 0 Å². The Labute approximate surface area is 149 Å². The van der Waals surface area contributed by atoms with Gasteiger partial charge >= 0.3 is 0 Å². The van der Waals surface area contributed by atoms with Gasteiger partial charge in [-0.05, 0) is 30.7 Å². The lowest BCUT2D eigenvalue weighted by Crippen LogP contribution is -2.50. The first-order valence-corrected chi connectivity index (χ1v) is 9.15. The topological polar surface area (TPSA) is 44.8 Å². The molecule has 1 saturated heterocycles. The van der Waals surface area contributed by atoms with E-state index in [-0.39, 0.29) is 5.91 Å². The molecule has 0 spiro atoms. The minimum Gasteiger partial charge on any atom is -0.492 e. The van der Waals surface area contributed by atoms with E-state index >= 15 is 0 Å². The summed E-state index contributed by atoms with van der Waals surface area (Å²) in [4.78, 5) is 16.4. The molecule has 0 aliphatic carbocycles. The molecule has 0 atom stereocenters. The second kappa shape index (κ2) is 10.5. The molecular weight excluding hydrogens is 326 g/mol. The van der Waals surface area contributed by atoms with E-state index < -0.39 is 0 Å². The lowest BCUT2D eigenvalue weighted by molar-refractivity contribution is -0.122. The zero-order chi connectivity index (χ0) is 17.2. The molecule has 1 aliphatic heterocycles. The number of nitrogens with one attached hydrogen (secondary N) is 1. The Morgan fingerprint density at radius 2 is 1.83 bits per heavy atom. The van der Waals surface area contributed by atoms with Crippen LogP contribution in [-0.4, -0.2) is 68.1 Å². The number of hydrogen-bond donors (Lipinski definition) is 1. The smallest absolute Gasteiger partial charge is 0.234 e. The van der Waals surface area contributed by atoms with Gasteiger partial charge in [-0.2, -0.15) is 0 Å². The second-order valence-electron chi connectivity index (χ2n) is 6.12. The second-order valence-corrected chi connectivity index (χ2v) is 6.56. The molecule has 134 valence electrons. The van der Waals surface area contributed by atoms with Crippen LogP contribution >= 0.6 is 11.6 Å². The number of piperazine rings is 1. The third-order valence-corrected chi connectivity index (χ3v) is 4.43. The van der Waals surface area contributed by atoms with Crippen LogP contribution in [0.2, 0.25) is 5.02 Å². The number of nitrogens with zero attached hydrogens (tertiary/aromatic N) is 2. The quantitative estimate of drug-likeness (QED) is 0.692. The molecule has 1 heterocycles. The molecule has 1 N–H and O–H groups in total. The van der Waals surface area contributed by atoms with Gasteiger partial charge in [-0.1, -0.05) is 24.9 Å². The highest BCUT2D eigenvalue weighted by atomic mass is 35.5. The maximum absolute atomic E-state index is 11.8. The molecule has 5 nitrogen and oxygen atoms in total. The molecule has 0 bridgehead atoms. The monoisotopic (exact) mass is 353 g/mol. The maximum atomic E-state index is 11.8. The van der Waals surface area contributed by atoms with Crippen molar-refractivity contribution < 1.29 is 9.53 Å². The number of carbonyl (C=O) groups is 1. The zero-order valence-corrected chi connectivity index (χ0v) is 15.2. The van der Waals surface area contributed by atoms with Crippen LogP contribution in [0.4, 0.5) is 0 Å². The first kappa shape index (κ1) is 19.0. The fourth-order valence-corrected chi connectivity index (χ4v) is 2.78. The molecule has 0 radical (unpaired) electrons. The van der Waals surface area contributed by atoms with Gasteiger partial charge in [0.2, 0.25) is 5.91 Å². The van der Waals surface area contributed by atoms with Crippen LogP contribution in [0.5, 0.6) is 5.75 Å². The SMILES string of the molecule is CCCCNC(=O)CN1CCN(CCOc2ccc(Cl)cc2)CC1. The van der Waals surface area contributed by atoms with Crippen molar-refractivity contribution in [3.63, 3.8) is 0 Å². The minimum atomic E-state index is 0.142. The number of hydrogen-bond acceptors (Lipinski definition) is 4. The summed E-state index contributed by atoms with van der Waals surface area (Å²) in [7, 11) is 0. The van der Waals surface area contributed by atoms with Crippen molar-refractivity contribution in [1.29, 1.82) is 0 Å². The number of carbonyl (C=O) groups excluding carboxylic acids is 1. The molecule has 1 amide bonds. The Morgan fingerprint density at radius 3 is 2.50 bits per heavy atom. The number of amides is 1. The van der Waals surface area contributed by atoms with Gasteiger partial charge in [-0.3, -0.25) is 14.6 Å². The Balaban J connectivity index is 1.57. The highest BCUT2D eigenvalue weighted by Gasteiger charge is 2.18. The molecule has 6 heteroatoms. The number of rotatable bonds is 9. The van der Waals surface area contributed by atoms with E-state index in [0.717, 1.165) is 62.9 Å². The van der Waals surface area contributed by atoms with Gasteiger partial charge in [0, 0.05) is 44.3 Å². The van der Waals surface area contributed by atoms with Gasteiger partial charge in [0.05, 0.1) is 6.54 Å². The van der Waals surface area contributed by atoms with E-state index in [0.29, 0.717) is 13.2 Å². The summed E-state index contributed by atoms with van der Waals surface area (Å²) >= 11 is 5.86. The van der Waals surface area contributed by atoms with Crippen LogP contribution in [0.3, 0.4) is 0 Å². The Bertz CT molecular complexity index is 488. The summed E-state index contributed by atoms with van der Waals surface area (Å²) < 4.78 is 5.73. The standard InChI is InChI=1S/C18H28ClN3O2/c1-2-3-8-20-18(23)15-22-11-9-21(10-12-22)13-14-24-17-6-4-16(19)5-7-17/h4-7H,2-3,8-15H2,1H3,(H,20,23). The third kappa shape index (κ3) is 7.07. The highest BCUT2D eigenvalue weighted by Crippen LogP contribution is 2.15. The van der Waals surface area contributed by atoms with Gasteiger partial charge in [-0.25, -0.2) is 0 Å². The third-order valence-electron chi connectivity index (χ3n) is 4.17. The largest absolute Gasteiger partial charge is 0.492 e. The van der Waals surface area contributed by atoms with E-state index in [4.69, 9.17) is 16.3 Å². The molecule has 2 rings (SSSR count). The Morgan fingerprint density at radius 1 is 1.17 bits per heavy atom. The summed E-state index contributed by atoms with van der Waals surface area (Å²) in [6.45, 7) is 8.82. The van der Waals surface area contributed by atoms with Crippen molar-refractivity contribution in [2.75, 3.05) is 52.4 Å². The van der Waals surface area contributed by atoms with Crippen LogP contribution in [0.15, 0.2) is 24.3 Å². The van der Waals surface area contributed by atoms with E-state index in [1.165, 1.54) is 0 Å². The molecule has 1 aromatic carbocycles. The number of ether oxygens (including phenoxy) is 1. The predicted octanol–water partition coefficient (Wildman–Crippen LogP) is 2.25. The van der Waals surface area contributed by atoms with Crippen LogP contribution in [0.1, 0.15) is 19.8 Å². The summed E-state index contributed by atoms with van der Waals surface area (Å²) in [5, 5.41) is 3.69. The van der Waals surface area contributed by atoms with E-state index in [1.807, 2.05) is 24.3 Å². The predicted molar refractivity (Wildman–Crippen MR) is 97.7 cm³/mol. The summed E-state index contributed by atoms with van der Waals surface area (Å²) in [5.41, 5.74) is 0. The normalized spacial score (nSPS) is 16.1. The summed E-state index contributed by atoms with van der Waals surface area (Å²) in [5.74, 6) is 0.991. The number of unbranched alkanes of at least 4 members (excludes halogenated alkanes) is 1. The Kier molecular flexibility index (Phi) is 8.36. The lowest BCUT2D eigenvalue weighted by Gasteiger charge is -2.34. The minimum absolute atomic E-state index is 0.142. The zero-order valence-electron chi connectivity index (χ0n) is 14.5. The molecule has 0 saturated carbocycles. The molecule has 0 unspecified atom stereocenters. The van der Waals surface area contributed by atoms with Gasteiger partial charge in [-0.15, -0.1) is 0 Å². The van der Waals surface area contributed by atoms with Crippen molar-refractivity contribution >= 4 is 17.5 Å². The summed E-state index contributed by atoms with van der Waals surface area (Å²) in [6.07, 6.45) is 2.16. The molecule has 1 aliphatic rings. The van der Waals surface area contributed by atoms with Crippen molar-refractivity contribution in [1.82, 2.24) is 15.1 Å². The molecule has 1 aromatic rings. The van der Waals surface area contributed by atoms with Crippen molar-refractivity contribution in [3.05, 3.63) is 29.3 Å². The van der Waals surface area contributed by atoms with Gasteiger partial charge in [0.15, 0.2) is 0 Å². The van der Waals surface area contributed by atoms with E-state index in [9.17, 15) is 4.79 Å². The fraction of sp³-hybridized carbons (Fsp3) is 0.611. The van der Waals surface area contributed by atoms with Crippen molar-refractivity contribution in [2.45, 2.75) is 19.8 Å².